The van der Waals surface area contributed by atoms with E-state index in [-0.39, 0.29) is 41.2 Å². The van der Waals surface area contributed by atoms with E-state index < -0.39 is 34.9 Å². The third kappa shape index (κ3) is 5.28. The highest BCUT2D eigenvalue weighted by Crippen LogP contribution is 2.36. The lowest BCUT2D eigenvalue weighted by molar-refractivity contribution is -0.145. The fourth-order valence-corrected chi connectivity index (χ4v) is 3.31. The van der Waals surface area contributed by atoms with Crippen LogP contribution in [0.3, 0.4) is 0 Å². The van der Waals surface area contributed by atoms with Crippen LogP contribution >= 0.6 is 11.6 Å². The lowest BCUT2D eigenvalue weighted by Crippen LogP contribution is -2.39. The van der Waals surface area contributed by atoms with Gasteiger partial charge in [-0.2, -0.15) is 0 Å². The number of carbonyl (C=O) groups is 1. The van der Waals surface area contributed by atoms with Crippen molar-refractivity contribution in [1.29, 1.82) is 0 Å². The second-order valence-corrected chi connectivity index (χ2v) is 7.48. The van der Waals surface area contributed by atoms with Crippen molar-refractivity contribution in [2.45, 2.75) is 20.0 Å². The number of hydrogen-bond acceptors (Lipinski definition) is 6. The summed E-state index contributed by atoms with van der Waals surface area (Å²) in [4.78, 5) is 36.9. The molecule has 11 heteroatoms. The highest BCUT2D eigenvalue weighted by molar-refractivity contribution is 6.32. The van der Waals surface area contributed by atoms with Crippen LogP contribution in [0.1, 0.15) is 25.7 Å². The van der Waals surface area contributed by atoms with Crippen LogP contribution in [0.5, 0.6) is 17.2 Å². The molecule has 8 nitrogen and oxygen atoms in total. The lowest BCUT2D eigenvalue weighted by Gasteiger charge is -2.16. The summed E-state index contributed by atoms with van der Waals surface area (Å²) in [6.45, 7) is 2.65. The molecular formula is C23H21ClF2N2O6. The number of rotatable bonds is 8. The molecule has 1 unspecified atom stereocenters. The Labute approximate surface area is 197 Å². The van der Waals surface area contributed by atoms with Crippen LogP contribution in [0.25, 0.3) is 5.69 Å². The van der Waals surface area contributed by atoms with Gasteiger partial charge in [0, 0.05) is 19.2 Å². The second kappa shape index (κ2) is 10.5. The average Bonchev–Trinajstić information content (AvgIpc) is 2.78. The quantitative estimate of drug-likeness (QED) is 0.438. The molecule has 0 saturated carbocycles. The summed E-state index contributed by atoms with van der Waals surface area (Å²) in [6, 6.07) is 9.18. The molecule has 1 atom stereocenters. The van der Waals surface area contributed by atoms with Crippen LogP contribution in [-0.4, -0.2) is 28.3 Å². The molecule has 1 heterocycles. The van der Waals surface area contributed by atoms with Crippen LogP contribution < -0.4 is 20.7 Å². The van der Waals surface area contributed by atoms with Gasteiger partial charge in [0.2, 0.25) is 0 Å². The maximum absolute atomic E-state index is 14.8. The minimum absolute atomic E-state index is 0.0952. The zero-order chi connectivity index (χ0) is 25.0. The first kappa shape index (κ1) is 25.0. The van der Waals surface area contributed by atoms with Gasteiger partial charge in [-0.05, 0) is 32.0 Å². The number of nitrogens with zero attached hydrogens (tertiary/aromatic N) is 2. The Morgan fingerprint density at radius 2 is 1.79 bits per heavy atom. The minimum Gasteiger partial charge on any atom is -0.478 e. The number of esters is 1. The van der Waals surface area contributed by atoms with E-state index in [4.69, 9.17) is 25.8 Å². The van der Waals surface area contributed by atoms with Crippen molar-refractivity contribution < 1.29 is 27.8 Å². The Hall–Kier alpha value is -3.66. The number of alkyl halides is 1. The molecule has 180 valence electrons. The number of benzene rings is 2. The van der Waals surface area contributed by atoms with Crippen molar-refractivity contribution in [3.05, 3.63) is 79.8 Å². The molecule has 0 aliphatic heterocycles. The Morgan fingerprint density at radius 3 is 2.44 bits per heavy atom. The Kier molecular flexibility index (Phi) is 7.72. The first-order valence-electron chi connectivity index (χ1n) is 10.2. The molecule has 34 heavy (non-hydrogen) atoms. The fourth-order valence-electron chi connectivity index (χ4n) is 3.13. The zero-order valence-electron chi connectivity index (χ0n) is 18.5. The lowest BCUT2D eigenvalue weighted by atomic mass is 10.2. The number of ether oxygens (including phenoxy) is 3. The van der Waals surface area contributed by atoms with E-state index in [9.17, 15) is 23.2 Å². The van der Waals surface area contributed by atoms with Crippen LogP contribution in [0.2, 0.25) is 5.02 Å². The highest BCUT2D eigenvalue weighted by Gasteiger charge is 2.20. The topological polar surface area (TPSA) is 88.8 Å². The SMILES string of the molecule is CCOC(=O)COc1ccccc1Oc1cc(-n2c(=O)cc(C(C)F)n(C)c2=O)c(F)cc1Cl. The summed E-state index contributed by atoms with van der Waals surface area (Å²) in [6.07, 6.45) is -1.58. The van der Waals surface area contributed by atoms with E-state index in [0.717, 1.165) is 22.8 Å². The van der Waals surface area contributed by atoms with Crippen molar-refractivity contribution >= 4 is 17.6 Å². The molecule has 1 aromatic heterocycles. The third-order valence-electron chi connectivity index (χ3n) is 4.73. The summed E-state index contributed by atoms with van der Waals surface area (Å²) in [5.41, 5.74) is -2.46. The van der Waals surface area contributed by atoms with E-state index >= 15 is 0 Å². The smallest absolute Gasteiger partial charge is 0.344 e. The van der Waals surface area contributed by atoms with Crippen LogP contribution in [-0.2, 0) is 16.6 Å². The van der Waals surface area contributed by atoms with Gasteiger partial charge in [-0.25, -0.2) is 22.9 Å². The van der Waals surface area contributed by atoms with Crippen LogP contribution in [0.4, 0.5) is 8.78 Å². The molecule has 2 aromatic carbocycles. The normalized spacial score (nSPS) is 11.7. The van der Waals surface area contributed by atoms with Crippen molar-refractivity contribution in [1.82, 2.24) is 9.13 Å². The molecule has 0 saturated heterocycles. The molecule has 0 radical (unpaired) electrons. The number of hydrogen-bond donors (Lipinski definition) is 0. The second-order valence-electron chi connectivity index (χ2n) is 7.08. The van der Waals surface area contributed by atoms with Crippen LogP contribution in [0.15, 0.2) is 52.1 Å². The summed E-state index contributed by atoms with van der Waals surface area (Å²) in [5.74, 6) is -1.34. The summed E-state index contributed by atoms with van der Waals surface area (Å²) < 4.78 is 46.0. The molecule has 3 aromatic rings. The standard InChI is InChI=1S/C23H21ClF2N2O6/c1-4-32-22(30)12-33-18-7-5-6-8-19(18)34-20-10-17(15(26)9-14(20)24)28-21(29)11-16(13(2)25)27(3)23(28)31/h5-11,13H,4,12H2,1-3H3. The van der Waals surface area contributed by atoms with Gasteiger partial charge in [-0.1, -0.05) is 23.7 Å². The van der Waals surface area contributed by atoms with Crippen molar-refractivity contribution in [3.63, 3.8) is 0 Å². The van der Waals surface area contributed by atoms with Crippen LogP contribution in [0, 0.1) is 5.82 Å². The van der Waals surface area contributed by atoms with Crippen molar-refractivity contribution in [2.75, 3.05) is 13.2 Å². The van der Waals surface area contributed by atoms with E-state index in [1.807, 2.05) is 0 Å². The van der Waals surface area contributed by atoms with Gasteiger partial charge in [-0.15, -0.1) is 0 Å². The summed E-state index contributed by atoms with van der Waals surface area (Å²) in [7, 11) is 1.27. The maximum Gasteiger partial charge on any atom is 0.344 e. The van der Waals surface area contributed by atoms with Gasteiger partial charge in [0.15, 0.2) is 18.1 Å². The molecule has 0 fully saturated rings. The largest absolute Gasteiger partial charge is 0.478 e. The molecule has 0 N–H and O–H groups in total. The van der Waals surface area contributed by atoms with E-state index in [0.29, 0.717) is 4.57 Å². The monoisotopic (exact) mass is 494 g/mol. The van der Waals surface area contributed by atoms with E-state index in [2.05, 4.69) is 0 Å². The predicted octanol–water partition coefficient (Wildman–Crippen LogP) is 4.09. The van der Waals surface area contributed by atoms with Crippen molar-refractivity contribution in [3.8, 4) is 22.9 Å². The Balaban J connectivity index is 2.03. The Morgan fingerprint density at radius 1 is 1.12 bits per heavy atom. The van der Waals surface area contributed by atoms with Gasteiger partial charge >= 0.3 is 11.7 Å². The molecule has 0 aliphatic rings. The molecule has 0 spiro atoms. The zero-order valence-corrected chi connectivity index (χ0v) is 19.3. The predicted molar refractivity (Wildman–Crippen MR) is 120 cm³/mol. The first-order chi connectivity index (χ1) is 16.1. The van der Waals surface area contributed by atoms with Gasteiger partial charge < -0.3 is 14.2 Å². The molecular weight excluding hydrogens is 474 g/mol. The van der Waals surface area contributed by atoms with Gasteiger partial charge in [0.25, 0.3) is 5.56 Å². The summed E-state index contributed by atoms with van der Waals surface area (Å²) >= 11 is 6.14. The van der Waals surface area contributed by atoms with Gasteiger partial charge in [0.05, 0.1) is 23.0 Å². The van der Waals surface area contributed by atoms with Gasteiger partial charge in [0.1, 0.15) is 17.7 Å². The average molecular weight is 495 g/mol. The number of carbonyl (C=O) groups excluding carboxylic acids is 1. The number of halogens is 3. The van der Waals surface area contributed by atoms with E-state index in [1.165, 1.54) is 26.1 Å². The summed E-state index contributed by atoms with van der Waals surface area (Å²) in [5, 5.41) is -0.152. The number of aromatic nitrogens is 2. The minimum atomic E-state index is -1.58. The highest BCUT2D eigenvalue weighted by atomic mass is 35.5. The van der Waals surface area contributed by atoms with Gasteiger partial charge in [-0.3, -0.25) is 9.36 Å². The molecule has 0 amide bonds. The molecule has 0 aliphatic carbocycles. The molecule has 3 rings (SSSR count). The fraction of sp³-hybridized carbons (Fsp3) is 0.261. The number of para-hydroxylation sites is 2. The Bertz CT molecular complexity index is 1340. The first-order valence-corrected chi connectivity index (χ1v) is 10.5. The molecule has 0 bridgehead atoms. The van der Waals surface area contributed by atoms with Crippen molar-refractivity contribution in [2.24, 2.45) is 7.05 Å². The third-order valence-corrected chi connectivity index (χ3v) is 5.02. The maximum atomic E-state index is 14.8. The van der Waals surface area contributed by atoms with E-state index in [1.54, 1.807) is 19.1 Å².